The summed E-state index contributed by atoms with van der Waals surface area (Å²) >= 11 is 6.60. The number of imide groups is 1. The second-order valence-corrected chi connectivity index (χ2v) is 16.4. The Balaban J connectivity index is 0.753. The lowest BCUT2D eigenvalue weighted by Gasteiger charge is -2.38. The minimum atomic E-state index is -0.652. The zero-order valence-electron chi connectivity index (χ0n) is 33.1. The van der Waals surface area contributed by atoms with E-state index in [9.17, 15) is 24.0 Å². The monoisotopic (exact) mass is 834 g/mol. The molecule has 18 nitrogen and oxygen atoms in total. The molecule has 0 spiro atoms. The minimum Gasteiger partial charge on any atom is -0.368 e. The molecular weight excluding hydrogens is 792 g/mol. The van der Waals surface area contributed by atoms with Crippen LogP contribution in [0.15, 0.2) is 53.4 Å². The molecule has 3 N–H and O–H groups in total. The smallest absolute Gasteiger partial charge is 0.323 e. The number of hydrogen-bond acceptors (Lipinski definition) is 12. The molecule has 6 amide bonds. The van der Waals surface area contributed by atoms with Gasteiger partial charge in [0.25, 0.3) is 5.91 Å². The second-order valence-electron chi connectivity index (χ2n) is 16.0. The molecule has 1 saturated carbocycles. The number of amides is 6. The molecule has 1 aliphatic carbocycles. The van der Waals surface area contributed by atoms with E-state index in [-0.39, 0.29) is 52.7 Å². The lowest BCUT2D eigenvalue weighted by Crippen LogP contribution is -2.52. The Morgan fingerprint density at radius 2 is 1.75 bits per heavy atom. The van der Waals surface area contributed by atoms with Gasteiger partial charge >= 0.3 is 6.03 Å². The fraction of sp³-hybridized carbons (Fsp3) is 0.415. The quantitative estimate of drug-likeness (QED) is 0.177. The van der Waals surface area contributed by atoms with Gasteiger partial charge in [0.2, 0.25) is 29.4 Å². The molecule has 2 saturated heterocycles. The zero-order valence-corrected chi connectivity index (χ0v) is 33.8. The third kappa shape index (κ3) is 7.50. The first-order valence-electron chi connectivity index (χ1n) is 20.2. The summed E-state index contributed by atoms with van der Waals surface area (Å²) in [6, 6.07) is 7.97. The first kappa shape index (κ1) is 39.1. The van der Waals surface area contributed by atoms with Gasteiger partial charge in [0.05, 0.1) is 40.7 Å². The summed E-state index contributed by atoms with van der Waals surface area (Å²) in [6.45, 7) is 6.85. The Labute approximate surface area is 349 Å². The van der Waals surface area contributed by atoms with E-state index in [1.807, 2.05) is 36.9 Å². The molecule has 7 heterocycles. The van der Waals surface area contributed by atoms with Crippen molar-refractivity contribution in [3.8, 4) is 11.5 Å². The van der Waals surface area contributed by atoms with Crippen LogP contribution >= 0.6 is 11.6 Å². The van der Waals surface area contributed by atoms with Gasteiger partial charge in [-0.1, -0.05) is 30.6 Å². The van der Waals surface area contributed by atoms with E-state index in [0.717, 1.165) is 29.8 Å². The van der Waals surface area contributed by atoms with Crippen molar-refractivity contribution in [2.75, 3.05) is 41.7 Å². The van der Waals surface area contributed by atoms with E-state index in [4.69, 9.17) is 16.1 Å². The summed E-state index contributed by atoms with van der Waals surface area (Å²) in [5, 5.41) is 16.7. The maximum atomic E-state index is 13.7. The van der Waals surface area contributed by atoms with Crippen LogP contribution in [0.3, 0.4) is 0 Å². The Morgan fingerprint density at radius 3 is 2.50 bits per heavy atom. The first-order valence-corrected chi connectivity index (χ1v) is 20.6. The molecule has 1 unspecified atom stereocenters. The molecule has 4 aliphatic rings. The van der Waals surface area contributed by atoms with Gasteiger partial charge in [-0.05, 0) is 67.9 Å². The van der Waals surface area contributed by atoms with Crippen LogP contribution in [0.25, 0.3) is 17.2 Å². The number of fused-ring (bicyclic) bond motifs is 2. The summed E-state index contributed by atoms with van der Waals surface area (Å²) in [5.41, 5.74) is 5.13. The van der Waals surface area contributed by atoms with Crippen LogP contribution in [0.1, 0.15) is 91.7 Å². The molecule has 19 heteroatoms. The molecule has 3 aliphatic heterocycles. The number of pyridine rings is 1. The Hall–Kier alpha value is -6.43. The fourth-order valence-corrected chi connectivity index (χ4v) is 9.03. The van der Waals surface area contributed by atoms with Gasteiger partial charge in [-0.15, -0.1) is 0 Å². The number of piperazine rings is 1. The molecule has 310 valence electrons. The largest absolute Gasteiger partial charge is 0.368 e. The molecular formula is C41H43ClN12O6. The summed E-state index contributed by atoms with van der Waals surface area (Å²) in [7, 11) is 0. The number of anilines is 3. The Morgan fingerprint density at radius 1 is 0.950 bits per heavy atom. The van der Waals surface area contributed by atoms with Crippen LogP contribution in [0.4, 0.5) is 21.9 Å². The lowest BCUT2D eigenvalue weighted by molar-refractivity contribution is -0.138. The van der Waals surface area contributed by atoms with E-state index in [1.54, 1.807) is 33.9 Å². The van der Waals surface area contributed by atoms with Gasteiger partial charge in [0, 0.05) is 68.3 Å². The van der Waals surface area contributed by atoms with E-state index in [0.29, 0.717) is 86.2 Å². The van der Waals surface area contributed by atoms with Gasteiger partial charge in [0.15, 0.2) is 5.65 Å². The first-order chi connectivity index (χ1) is 29.0. The number of hydrogen-bond donors (Lipinski definition) is 3. The predicted molar refractivity (Wildman–Crippen MR) is 218 cm³/mol. The maximum Gasteiger partial charge on any atom is 0.323 e. The number of nitrogens with one attached hydrogen (secondary N) is 3. The maximum absolute atomic E-state index is 13.7. The molecule has 3 fully saturated rings. The van der Waals surface area contributed by atoms with Crippen molar-refractivity contribution in [1.29, 1.82) is 0 Å². The van der Waals surface area contributed by atoms with Gasteiger partial charge in [-0.2, -0.15) is 10.1 Å². The molecule has 0 bridgehead atoms. The SMILES string of the molecule is CC(C)c1c(NC(=O)Nc2cnc(-c3noc([C@H]4CC[C@H](C(=O)N5CCN(c6ccc7c(c6)CN(C6CCC(=O)NC6=O)C7=O)CC5)CC4)n3)c(Cl)c2)cnc2ccnn12. The van der Waals surface area contributed by atoms with Crippen LogP contribution in [0.2, 0.25) is 5.02 Å². The topological polar surface area (TPSA) is 213 Å². The summed E-state index contributed by atoms with van der Waals surface area (Å²) in [6.07, 6.45) is 8.13. The number of benzene rings is 1. The zero-order chi connectivity index (χ0) is 41.7. The number of piperidine rings is 1. The average molecular weight is 835 g/mol. The van der Waals surface area contributed by atoms with E-state index in [1.165, 1.54) is 6.20 Å². The van der Waals surface area contributed by atoms with Crippen molar-refractivity contribution >= 4 is 64.0 Å². The highest BCUT2D eigenvalue weighted by molar-refractivity contribution is 6.33. The molecule has 4 aromatic heterocycles. The van der Waals surface area contributed by atoms with Crippen LogP contribution < -0.4 is 20.9 Å². The van der Waals surface area contributed by atoms with E-state index < -0.39 is 18.0 Å². The number of halogens is 1. The van der Waals surface area contributed by atoms with Gasteiger partial charge < -0.3 is 29.9 Å². The van der Waals surface area contributed by atoms with Crippen molar-refractivity contribution in [2.45, 2.75) is 76.8 Å². The number of rotatable bonds is 8. The average Bonchev–Trinajstić information content (AvgIpc) is 4.00. The number of nitrogens with zero attached hydrogens (tertiary/aromatic N) is 9. The number of carbonyl (C=O) groups excluding carboxylic acids is 5. The van der Waals surface area contributed by atoms with Crippen molar-refractivity contribution in [2.24, 2.45) is 5.92 Å². The highest BCUT2D eigenvalue weighted by Crippen LogP contribution is 2.38. The van der Waals surface area contributed by atoms with Crippen molar-refractivity contribution in [3.05, 3.63) is 76.7 Å². The van der Waals surface area contributed by atoms with E-state index in [2.05, 4.69) is 46.1 Å². The van der Waals surface area contributed by atoms with Gasteiger partial charge in [0.1, 0.15) is 11.7 Å². The number of aromatic nitrogens is 6. The highest BCUT2D eigenvalue weighted by atomic mass is 35.5. The summed E-state index contributed by atoms with van der Waals surface area (Å²) in [5.74, 6) is -0.0778. The van der Waals surface area contributed by atoms with Gasteiger partial charge in [-0.3, -0.25) is 24.5 Å². The summed E-state index contributed by atoms with van der Waals surface area (Å²) < 4.78 is 7.37. The lowest BCUT2D eigenvalue weighted by atomic mass is 9.81. The summed E-state index contributed by atoms with van der Waals surface area (Å²) in [4.78, 5) is 83.0. The molecule has 1 atom stereocenters. The predicted octanol–water partition coefficient (Wildman–Crippen LogP) is 4.98. The third-order valence-electron chi connectivity index (χ3n) is 11.9. The second kappa shape index (κ2) is 16.0. The van der Waals surface area contributed by atoms with Crippen LogP contribution in [-0.4, -0.2) is 101 Å². The molecule has 0 radical (unpaired) electrons. The number of carbonyl (C=O) groups is 5. The van der Waals surface area contributed by atoms with E-state index >= 15 is 0 Å². The molecule has 60 heavy (non-hydrogen) atoms. The van der Waals surface area contributed by atoms with Crippen molar-refractivity contribution in [1.82, 2.24) is 44.8 Å². The third-order valence-corrected chi connectivity index (χ3v) is 12.2. The van der Waals surface area contributed by atoms with Crippen molar-refractivity contribution in [3.63, 3.8) is 0 Å². The van der Waals surface area contributed by atoms with Crippen molar-refractivity contribution < 1.29 is 28.5 Å². The van der Waals surface area contributed by atoms with Gasteiger partial charge in [-0.25, -0.2) is 19.3 Å². The van der Waals surface area contributed by atoms with Crippen LogP contribution in [0.5, 0.6) is 0 Å². The standard InChI is InChI=1S/C41H43ClN12O6/c1-22(2)35-30(20-43-32-11-12-45-54(32)35)47-41(59)46-26-18-29(42)34(44-19-26)36-49-38(60-50-36)23-3-5-24(6-4-23)39(57)52-15-13-51(14-16-52)27-7-8-28-25(17-27)21-53(40(28)58)31-9-10-33(55)48-37(31)56/h7-8,11-12,17-20,22-24,31H,3-6,9-10,13-16,21H2,1-2H3,(H2,46,47,59)(H,48,55,56)/t23-,24-,31?. The fourth-order valence-electron chi connectivity index (χ4n) is 8.78. The molecule has 1 aromatic carbocycles. The number of urea groups is 1. The minimum absolute atomic E-state index is 0.000608. The molecule has 9 rings (SSSR count). The normalized spacial score (nSPS) is 20.8. The highest BCUT2D eigenvalue weighted by Gasteiger charge is 2.40. The van der Waals surface area contributed by atoms with Crippen LogP contribution in [0, 0.1) is 5.92 Å². The van der Waals surface area contributed by atoms with Crippen LogP contribution in [-0.2, 0) is 20.9 Å². The molecule has 5 aromatic rings. The Kier molecular flexibility index (Phi) is 10.4. The Bertz CT molecular complexity index is 2520.